The smallest absolute Gasteiger partial charge is 0.223 e. The lowest BCUT2D eigenvalue weighted by molar-refractivity contribution is -0.133. The zero-order chi connectivity index (χ0) is 26.5. The van der Waals surface area contributed by atoms with Gasteiger partial charge in [-0.2, -0.15) is 0 Å². The number of piperazine rings is 1. The highest BCUT2D eigenvalue weighted by Gasteiger charge is 2.27. The number of nitrogens with zero attached hydrogens (tertiary/aromatic N) is 3. The van der Waals surface area contributed by atoms with Crippen LogP contribution in [0.3, 0.4) is 0 Å². The predicted octanol–water partition coefficient (Wildman–Crippen LogP) is 5.39. The summed E-state index contributed by atoms with van der Waals surface area (Å²) in [7, 11) is 3.36. The van der Waals surface area contributed by atoms with Crippen molar-refractivity contribution >= 4 is 16.8 Å². The first-order valence-corrected chi connectivity index (χ1v) is 13.4. The van der Waals surface area contributed by atoms with Gasteiger partial charge in [0.1, 0.15) is 11.5 Å². The first-order chi connectivity index (χ1) is 18.6. The molecular weight excluding hydrogens is 474 g/mol. The second-order valence-corrected chi connectivity index (χ2v) is 9.92. The van der Waals surface area contributed by atoms with Gasteiger partial charge in [-0.3, -0.25) is 4.79 Å². The average molecular weight is 512 g/mol. The van der Waals surface area contributed by atoms with Gasteiger partial charge >= 0.3 is 0 Å². The first kappa shape index (κ1) is 25.9. The molecule has 0 aliphatic carbocycles. The number of carbonyl (C=O) groups is 1. The normalized spacial score (nSPS) is 15.0. The lowest BCUT2D eigenvalue weighted by Crippen LogP contribution is -2.48. The third-order valence-electron chi connectivity index (χ3n) is 7.78. The van der Waals surface area contributed by atoms with Crippen LogP contribution in [0.2, 0.25) is 0 Å². The highest BCUT2D eigenvalue weighted by Crippen LogP contribution is 2.36. The number of benzene rings is 3. The zero-order valence-electron chi connectivity index (χ0n) is 22.6. The molecule has 0 radical (unpaired) electrons. The maximum absolute atomic E-state index is 13.6. The van der Waals surface area contributed by atoms with Crippen molar-refractivity contribution < 1.29 is 14.3 Å². The second kappa shape index (κ2) is 11.7. The summed E-state index contributed by atoms with van der Waals surface area (Å²) in [6.45, 7) is 7.42. The summed E-state index contributed by atoms with van der Waals surface area (Å²) in [4.78, 5) is 18.1. The molecular formula is C32H37N3O3. The Balaban J connectivity index is 1.50. The van der Waals surface area contributed by atoms with Crippen LogP contribution < -0.4 is 9.47 Å². The summed E-state index contributed by atoms with van der Waals surface area (Å²) >= 11 is 0. The molecule has 1 aliphatic heterocycles. The number of ether oxygens (including phenoxy) is 2. The van der Waals surface area contributed by atoms with Crippen molar-refractivity contribution in [3.05, 3.63) is 95.7 Å². The van der Waals surface area contributed by atoms with Crippen molar-refractivity contribution in [3.63, 3.8) is 0 Å². The van der Waals surface area contributed by atoms with Gasteiger partial charge in [-0.05, 0) is 53.6 Å². The maximum atomic E-state index is 13.6. The summed E-state index contributed by atoms with van der Waals surface area (Å²) in [6, 6.07) is 24.9. The molecule has 198 valence electrons. The van der Waals surface area contributed by atoms with Crippen molar-refractivity contribution in [1.82, 2.24) is 14.4 Å². The van der Waals surface area contributed by atoms with Crippen LogP contribution in [-0.2, 0) is 11.3 Å². The third kappa shape index (κ3) is 5.55. The molecule has 2 heterocycles. The van der Waals surface area contributed by atoms with Crippen molar-refractivity contribution in [1.29, 1.82) is 0 Å². The minimum atomic E-state index is -0.0559. The summed E-state index contributed by atoms with van der Waals surface area (Å²) in [5, 5.41) is 1.19. The summed E-state index contributed by atoms with van der Waals surface area (Å²) in [5.74, 6) is 1.83. The monoisotopic (exact) mass is 511 g/mol. The van der Waals surface area contributed by atoms with Gasteiger partial charge < -0.3 is 23.8 Å². The molecule has 1 aliphatic rings. The molecule has 5 rings (SSSR count). The van der Waals surface area contributed by atoms with Crippen molar-refractivity contribution in [3.8, 4) is 11.5 Å². The van der Waals surface area contributed by atoms with E-state index in [2.05, 4.69) is 71.1 Å². The number of likely N-dealkylation sites (N-methyl/N-ethyl adjacent to an activating group) is 1. The van der Waals surface area contributed by atoms with E-state index in [9.17, 15) is 4.79 Å². The number of carbonyl (C=O) groups excluding carboxylic acids is 1. The number of rotatable bonds is 9. The molecule has 3 aromatic carbocycles. The maximum Gasteiger partial charge on any atom is 0.223 e. The summed E-state index contributed by atoms with van der Waals surface area (Å²) in [5.41, 5.74) is 4.67. The van der Waals surface area contributed by atoms with Crippen LogP contribution in [0.5, 0.6) is 11.5 Å². The van der Waals surface area contributed by atoms with Crippen LogP contribution in [0.25, 0.3) is 10.9 Å². The second-order valence-electron chi connectivity index (χ2n) is 9.92. The zero-order valence-corrected chi connectivity index (χ0v) is 22.6. The van der Waals surface area contributed by atoms with E-state index in [1.807, 2.05) is 29.2 Å². The molecule has 0 N–H and O–H groups in total. The molecule has 4 aromatic rings. The SMILES string of the molecule is CCN1CCN(C(=O)C[C@@H](c2ccc(OC)cc2)c2cn(Cc3ccc(OC)cc3)c3ccccc23)CC1. The quantitative estimate of drug-likeness (QED) is 0.302. The molecule has 38 heavy (non-hydrogen) atoms. The van der Waals surface area contributed by atoms with E-state index < -0.39 is 0 Å². The number of amides is 1. The van der Waals surface area contributed by atoms with E-state index in [4.69, 9.17) is 9.47 Å². The van der Waals surface area contributed by atoms with E-state index in [1.165, 1.54) is 22.0 Å². The van der Waals surface area contributed by atoms with E-state index in [0.29, 0.717) is 6.42 Å². The lowest BCUT2D eigenvalue weighted by Gasteiger charge is -2.34. The van der Waals surface area contributed by atoms with Crippen LogP contribution in [0.15, 0.2) is 79.0 Å². The highest BCUT2D eigenvalue weighted by molar-refractivity contribution is 5.87. The Morgan fingerprint density at radius 3 is 2.11 bits per heavy atom. The largest absolute Gasteiger partial charge is 0.497 e. The van der Waals surface area contributed by atoms with Gasteiger partial charge in [0.2, 0.25) is 5.91 Å². The fourth-order valence-corrected chi connectivity index (χ4v) is 5.47. The van der Waals surface area contributed by atoms with E-state index in [0.717, 1.165) is 56.3 Å². The molecule has 0 saturated carbocycles. The molecule has 6 nitrogen and oxygen atoms in total. The fraction of sp³-hybridized carbons (Fsp3) is 0.344. The first-order valence-electron chi connectivity index (χ1n) is 13.4. The molecule has 1 amide bonds. The highest BCUT2D eigenvalue weighted by atomic mass is 16.5. The van der Waals surface area contributed by atoms with Crippen molar-refractivity contribution in [2.45, 2.75) is 25.8 Å². The Morgan fingerprint density at radius 1 is 0.842 bits per heavy atom. The van der Waals surface area contributed by atoms with Gasteiger partial charge in [-0.25, -0.2) is 0 Å². The number of hydrogen-bond acceptors (Lipinski definition) is 4. The van der Waals surface area contributed by atoms with Gasteiger partial charge in [0.15, 0.2) is 0 Å². The standard InChI is InChI=1S/C32H37N3O3/c1-4-33-17-19-34(20-18-33)32(36)21-29(25-11-15-27(38-3)16-12-25)30-23-35(31-8-6-5-7-28(30)31)22-24-9-13-26(37-2)14-10-24/h5-16,23,29H,4,17-22H2,1-3H3/t29-/m0/s1. The van der Waals surface area contributed by atoms with E-state index in [-0.39, 0.29) is 11.8 Å². The molecule has 1 atom stereocenters. The molecule has 1 aromatic heterocycles. The third-order valence-corrected chi connectivity index (χ3v) is 7.78. The van der Waals surface area contributed by atoms with Crippen LogP contribution in [0.4, 0.5) is 0 Å². The van der Waals surface area contributed by atoms with Gasteiger partial charge in [0, 0.05) is 62.2 Å². The minimum Gasteiger partial charge on any atom is -0.497 e. The molecule has 1 fully saturated rings. The average Bonchev–Trinajstić information content (AvgIpc) is 3.34. The minimum absolute atomic E-state index is 0.0559. The number of para-hydroxylation sites is 1. The van der Waals surface area contributed by atoms with Gasteiger partial charge in [0.25, 0.3) is 0 Å². The van der Waals surface area contributed by atoms with Crippen LogP contribution >= 0.6 is 0 Å². The Bertz CT molecular complexity index is 1350. The Kier molecular flexibility index (Phi) is 7.99. The van der Waals surface area contributed by atoms with E-state index in [1.54, 1.807) is 14.2 Å². The number of fused-ring (bicyclic) bond motifs is 1. The van der Waals surface area contributed by atoms with Gasteiger partial charge in [-0.1, -0.05) is 49.4 Å². The molecule has 1 saturated heterocycles. The Morgan fingerprint density at radius 2 is 1.47 bits per heavy atom. The van der Waals surface area contributed by atoms with Crippen LogP contribution in [0.1, 0.15) is 36.0 Å². The molecule has 0 spiro atoms. The fourth-order valence-electron chi connectivity index (χ4n) is 5.47. The predicted molar refractivity (Wildman–Crippen MR) is 152 cm³/mol. The van der Waals surface area contributed by atoms with Gasteiger partial charge in [0.05, 0.1) is 14.2 Å². The Labute approximate surface area is 225 Å². The molecule has 6 heteroatoms. The van der Waals surface area contributed by atoms with Crippen molar-refractivity contribution in [2.24, 2.45) is 0 Å². The summed E-state index contributed by atoms with van der Waals surface area (Å²) < 4.78 is 13.1. The molecule has 0 unspecified atom stereocenters. The lowest BCUT2D eigenvalue weighted by atomic mass is 9.87. The number of hydrogen-bond donors (Lipinski definition) is 0. The van der Waals surface area contributed by atoms with Crippen LogP contribution in [0, 0.1) is 0 Å². The van der Waals surface area contributed by atoms with Crippen molar-refractivity contribution in [2.75, 3.05) is 46.9 Å². The number of methoxy groups -OCH3 is 2. The number of aromatic nitrogens is 1. The van der Waals surface area contributed by atoms with Crippen LogP contribution in [-0.4, -0.2) is 67.2 Å². The summed E-state index contributed by atoms with van der Waals surface area (Å²) in [6.07, 6.45) is 2.68. The van der Waals surface area contributed by atoms with E-state index >= 15 is 0 Å². The Hall–Kier alpha value is -3.77. The van der Waals surface area contributed by atoms with Gasteiger partial charge in [-0.15, -0.1) is 0 Å². The molecule has 0 bridgehead atoms. The topological polar surface area (TPSA) is 46.9 Å².